The van der Waals surface area contributed by atoms with Gasteiger partial charge in [0.2, 0.25) is 0 Å². The molecular weight excluding hydrogens is 298 g/mol. The van der Waals surface area contributed by atoms with Crippen molar-refractivity contribution >= 4 is 5.91 Å². The van der Waals surface area contributed by atoms with Gasteiger partial charge in [-0.05, 0) is 49.8 Å². The second kappa shape index (κ2) is 6.42. The highest BCUT2D eigenvalue weighted by molar-refractivity contribution is 5.93. The van der Waals surface area contributed by atoms with Crippen LogP contribution in [0.3, 0.4) is 0 Å². The quantitative estimate of drug-likeness (QED) is 0.850. The third-order valence-electron chi connectivity index (χ3n) is 5.03. The maximum absolute atomic E-state index is 13.1. The third kappa shape index (κ3) is 2.97. The molecule has 1 aromatic carbocycles. The number of benzene rings is 1. The number of rotatable bonds is 3. The van der Waals surface area contributed by atoms with Gasteiger partial charge in [-0.1, -0.05) is 37.6 Å². The molecule has 0 unspecified atom stereocenters. The number of carbonyl (C=O) groups is 1. The second-order valence-corrected chi connectivity index (χ2v) is 7.25. The minimum atomic E-state index is 0.0564. The van der Waals surface area contributed by atoms with Crippen molar-refractivity contribution in [3.8, 4) is 0 Å². The second-order valence-electron chi connectivity index (χ2n) is 7.25. The molecule has 4 heteroatoms. The Bertz CT molecular complexity index is 760. The Hall–Kier alpha value is -2.10. The summed E-state index contributed by atoms with van der Waals surface area (Å²) in [5.74, 6) is 0.415. The van der Waals surface area contributed by atoms with Crippen molar-refractivity contribution in [2.45, 2.75) is 52.5 Å². The largest absolute Gasteiger partial charge is 0.330 e. The van der Waals surface area contributed by atoms with E-state index in [4.69, 9.17) is 0 Å². The number of amides is 1. The van der Waals surface area contributed by atoms with Gasteiger partial charge in [0.05, 0.1) is 6.04 Å². The number of likely N-dealkylation sites (tertiary alicyclic amines) is 1. The van der Waals surface area contributed by atoms with E-state index in [1.54, 1.807) is 0 Å². The van der Waals surface area contributed by atoms with E-state index in [9.17, 15) is 4.79 Å². The molecule has 0 bridgehead atoms. The van der Waals surface area contributed by atoms with E-state index >= 15 is 0 Å². The average Bonchev–Trinajstić information content (AvgIpc) is 3.15. The van der Waals surface area contributed by atoms with Gasteiger partial charge in [0, 0.05) is 19.3 Å². The summed E-state index contributed by atoms with van der Waals surface area (Å²) in [7, 11) is 1.91. The van der Waals surface area contributed by atoms with Crippen LogP contribution < -0.4 is 0 Å². The number of aromatic nitrogens is 2. The molecule has 0 aliphatic carbocycles. The van der Waals surface area contributed by atoms with Crippen LogP contribution >= 0.6 is 0 Å². The first-order chi connectivity index (χ1) is 11.4. The van der Waals surface area contributed by atoms with Crippen LogP contribution in [-0.4, -0.2) is 27.1 Å². The average molecular weight is 325 g/mol. The van der Waals surface area contributed by atoms with Crippen molar-refractivity contribution in [2.75, 3.05) is 6.54 Å². The number of carbonyl (C=O) groups excluding carboxylic acids is 1. The number of nitrogens with zero attached hydrogens (tertiary/aromatic N) is 3. The van der Waals surface area contributed by atoms with Gasteiger partial charge in [-0.3, -0.25) is 9.48 Å². The van der Waals surface area contributed by atoms with E-state index in [1.165, 1.54) is 16.7 Å². The van der Waals surface area contributed by atoms with E-state index in [2.05, 4.69) is 51.0 Å². The fourth-order valence-electron chi connectivity index (χ4n) is 3.73. The fourth-order valence-corrected chi connectivity index (χ4v) is 3.73. The SMILES string of the molecule is Cc1ccc(C)c([C@@H]2CCCN2C(=O)c2cc(C(C)C)n(C)n2)c1. The molecule has 128 valence electrons. The topological polar surface area (TPSA) is 38.1 Å². The maximum atomic E-state index is 13.1. The molecule has 4 nitrogen and oxygen atoms in total. The van der Waals surface area contributed by atoms with E-state index < -0.39 is 0 Å². The summed E-state index contributed by atoms with van der Waals surface area (Å²) in [4.78, 5) is 15.1. The summed E-state index contributed by atoms with van der Waals surface area (Å²) in [5, 5.41) is 4.47. The van der Waals surface area contributed by atoms with E-state index in [1.807, 2.05) is 22.7 Å². The summed E-state index contributed by atoms with van der Waals surface area (Å²) in [6, 6.07) is 8.63. The molecule has 2 aromatic rings. The number of hydrogen-bond donors (Lipinski definition) is 0. The molecule has 1 fully saturated rings. The summed E-state index contributed by atoms with van der Waals surface area (Å²) >= 11 is 0. The molecule has 1 atom stereocenters. The molecule has 24 heavy (non-hydrogen) atoms. The summed E-state index contributed by atoms with van der Waals surface area (Å²) in [5.41, 5.74) is 5.45. The van der Waals surface area contributed by atoms with Crippen LogP contribution in [0.25, 0.3) is 0 Å². The first-order valence-electron chi connectivity index (χ1n) is 8.80. The van der Waals surface area contributed by atoms with Gasteiger partial charge in [-0.2, -0.15) is 5.10 Å². The Labute approximate surface area is 144 Å². The van der Waals surface area contributed by atoms with E-state index in [0.717, 1.165) is 25.1 Å². The van der Waals surface area contributed by atoms with Gasteiger partial charge in [0.15, 0.2) is 5.69 Å². The molecule has 1 aliphatic rings. The van der Waals surface area contributed by atoms with Crippen molar-refractivity contribution in [3.05, 3.63) is 52.3 Å². The molecule has 1 aromatic heterocycles. The van der Waals surface area contributed by atoms with E-state index in [0.29, 0.717) is 11.6 Å². The lowest BCUT2D eigenvalue weighted by Gasteiger charge is -2.26. The third-order valence-corrected chi connectivity index (χ3v) is 5.03. The van der Waals surface area contributed by atoms with Gasteiger partial charge in [-0.25, -0.2) is 0 Å². The summed E-state index contributed by atoms with van der Waals surface area (Å²) in [6.07, 6.45) is 2.08. The highest BCUT2D eigenvalue weighted by atomic mass is 16.2. The Morgan fingerprint density at radius 2 is 2.00 bits per heavy atom. The number of hydrogen-bond acceptors (Lipinski definition) is 2. The lowest BCUT2D eigenvalue weighted by Crippen LogP contribution is -2.31. The molecule has 0 saturated carbocycles. The molecule has 0 radical (unpaired) electrons. The Balaban J connectivity index is 1.91. The molecule has 0 spiro atoms. The highest BCUT2D eigenvalue weighted by Gasteiger charge is 2.32. The lowest BCUT2D eigenvalue weighted by atomic mass is 9.97. The predicted octanol–water partition coefficient (Wildman–Crippen LogP) is 4.14. The first kappa shape index (κ1) is 16.7. The van der Waals surface area contributed by atoms with Crippen LogP contribution in [0.4, 0.5) is 0 Å². The smallest absolute Gasteiger partial charge is 0.274 e. The lowest BCUT2D eigenvalue weighted by molar-refractivity contribution is 0.0728. The van der Waals surface area contributed by atoms with Crippen molar-refractivity contribution in [1.29, 1.82) is 0 Å². The first-order valence-corrected chi connectivity index (χ1v) is 8.80. The molecule has 3 rings (SSSR count). The fraction of sp³-hybridized carbons (Fsp3) is 0.500. The zero-order valence-electron chi connectivity index (χ0n) is 15.3. The van der Waals surface area contributed by atoms with Crippen LogP contribution in [0.5, 0.6) is 0 Å². The van der Waals surface area contributed by atoms with Gasteiger partial charge in [0.1, 0.15) is 0 Å². The van der Waals surface area contributed by atoms with Crippen molar-refractivity contribution < 1.29 is 4.79 Å². The number of aryl methyl sites for hydroxylation is 3. The van der Waals surface area contributed by atoms with Gasteiger partial charge in [-0.15, -0.1) is 0 Å². The van der Waals surface area contributed by atoms with Gasteiger partial charge >= 0.3 is 0 Å². The van der Waals surface area contributed by atoms with Crippen LogP contribution in [-0.2, 0) is 7.05 Å². The van der Waals surface area contributed by atoms with Crippen LogP contribution in [0.1, 0.15) is 71.5 Å². The predicted molar refractivity (Wildman–Crippen MR) is 96.2 cm³/mol. The zero-order chi connectivity index (χ0) is 17.4. The molecule has 0 N–H and O–H groups in total. The van der Waals surface area contributed by atoms with Crippen molar-refractivity contribution in [1.82, 2.24) is 14.7 Å². The minimum Gasteiger partial charge on any atom is -0.330 e. The molecule has 1 amide bonds. The molecular formula is C20H27N3O. The van der Waals surface area contributed by atoms with Crippen LogP contribution in [0.2, 0.25) is 0 Å². The monoisotopic (exact) mass is 325 g/mol. The van der Waals surface area contributed by atoms with Gasteiger partial charge < -0.3 is 4.90 Å². The maximum Gasteiger partial charge on any atom is 0.274 e. The molecule has 2 heterocycles. The standard InChI is InChI=1S/C20H27N3O/c1-13(2)19-12-17(21-22(19)5)20(24)23-10-6-7-18(23)16-11-14(3)8-9-15(16)4/h8-9,11-13,18H,6-7,10H2,1-5H3/t18-/m0/s1. The normalized spacial score (nSPS) is 17.8. The van der Waals surface area contributed by atoms with Crippen LogP contribution in [0, 0.1) is 13.8 Å². The Morgan fingerprint density at radius 1 is 1.25 bits per heavy atom. The van der Waals surface area contributed by atoms with Crippen molar-refractivity contribution in [3.63, 3.8) is 0 Å². The van der Waals surface area contributed by atoms with Crippen molar-refractivity contribution in [2.24, 2.45) is 7.05 Å². The minimum absolute atomic E-state index is 0.0564. The highest BCUT2D eigenvalue weighted by Crippen LogP contribution is 2.35. The Kier molecular flexibility index (Phi) is 4.48. The molecule has 1 aliphatic heterocycles. The van der Waals surface area contributed by atoms with Gasteiger partial charge in [0.25, 0.3) is 5.91 Å². The summed E-state index contributed by atoms with van der Waals surface area (Å²) in [6.45, 7) is 9.30. The molecule has 1 saturated heterocycles. The Morgan fingerprint density at radius 3 is 2.67 bits per heavy atom. The van der Waals surface area contributed by atoms with E-state index in [-0.39, 0.29) is 11.9 Å². The zero-order valence-corrected chi connectivity index (χ0v) is 15.3. The summed E-state index contributed by atoms with van der Waals surface area (Å²) < 4.78 is 1.83. The van der Waals surface area contributed by atoms with Crippen LogP contribution in [0.15, 0.2) is 24.3 Å².